The van der Waals surface area contributed by atoms with Crippen LogP contribution in [0.3, 0.4) is 0 Å². The zero-order valence-electron chi connectivity index (χ0n) is 10.1. The average Bonchev–Trinajstić information content (AvgIpc) is 2.69. The van der Waals surface area contributed by atoms with Gasteiger partial charge in [-0.1, -0.05) is 22.0 Å². The topological polar surface area (TPSA) is 29.9 Å². The maximum atomic E-state index is 4.16. The van der Waals surface area contributed by atoms with Crippen molar-refractivity contribution in [1.82, 2.24) is 9.78 Å². The van der Waals surface area contributed by atoms with Crippen LogP contribution in [0.15, 0.2) is 35.1 Å². The molecule has 2 aromatic rings. The first-order chi connectivity index (χ1) is 8.15. The Morgan fingerprint density at radius 1 is 1.41 bits per heavy atom. The fourth-order valence-corrected chi connectivity index (χ4v) is 2.09. The monoisotopic (exact) mass is 293 g/mol. The number of nitrogens with zero attached hydrogens (tertiary/aromatic N) is 2. The third kappa shape index (κ3) is 3.33. The van der Waals surface area contributed by atoms with Crippen LogP contribution in [0.5, 0.6) is 0 Å². The van der Waals surface area contributed by atoms with Crippen molar-refractivity contribution in [2.24, 2.45) is 7.05 Å². The minimum atomic E-state index is 0.920. The summed E-state index contributed by atoms with van der Waals surface area (Å²) < 4.78 is 2.94. The molecule has 4 heteroatoms. The van der Waals surface area contributed by atoms with Crippen molar-refractivity contribution in [3.05, 3.63) is 46.2 Å². The Morgan fingerprint density at radius 3 is 2.94 bits per heavy atom. The molecule has 0 saturated carbocycles. The smallest absolute Gasteiger partial charge is 0.0522 e. The summed E-state index contributed by atoms with van der Waals surface area (Å²) in [5.74, 6) is 0. The molecule has 0 aliphatic heterocycles. The van der Waals surface area contributed by atoms with Gasteiger partial charge in [0, 0.05) is 29.9 Å². The third-order valence-corrected chi connectivity index (χ3v) is 3.18. The maximum absolute atomic E-state index is 4.16. The van der Waals surface area contributed by atoms with E-state index < -0.39 is 0 Å². The molecular weight excluding hydrogens is 278 g/mol. The molecule has 0 unspecified atom stereocenters. The van der Waals surface area contributed by atoms with Crippen molar-refractivity contribution in [3.63, 3.8) is 0 Å². The summed E-state index contributed by atoms with van der Waals surface area (Å²) in [6, 6.07) is 6.27. The van der Waals surface area contributed by atoms with Crippen molar-refractivity contribution in [2.45, 2.75) is 13.3 Å². The van der Waals surface area contributed by atoms with Gasteiger partial charge in [-0.05, 0) is 36.6 Å². The fraction of sp³-hybridized carbons (Fsp3) is 0.308. The van der Waals surface area contributed by atoms with E-state index in [1.165, 1.54) is 16.8 Å². The van der Waals surface area contributed by atoms with Gasteiger partial charge in [-0.2, -0.15) is 5.10 Å². The van der Waals surface area contributed by atoms with E-state index in [0.29, 0.717) is 0 Å². The molecule has 0 bridgehead atoms. The average molecular weight is 294 g/mol. The molecular formula is C13H16BrN3. The van der Waals surface area contributed by atoms with Crippen LogP contribution in [0.2, 0.25) is 0 Å². The highest BCUT2D eigenvalue weighted by Crippen LogP contribution is 2.20. The Balaban J connectivity index is 1.91. The van der Waals surface area contributed by atoms with Crippen LogP contribution in [-0.2, 0) is 13.5 Å². The highest BCUT2D eigenvalue weighted by molar-refractivity contribution is 9.10. The van der Waals surface area contributed by atoms with Crippen molar-refractivity contribution in [2.75, 3.05) is 11.9 Å². The Bertz CT molecular complexity index is 505. The predicted molar refractivity (Wildman–Crippen MR) is 74.3 cm³/mol. The van der Waals surface area contributed by atoms with Gasteiger partial charge in [-0.3, -0.25) is 4.68 Å². The van der Waals surface area contributed by atoms with E-state index in [2.05, 4.69) is 57.7 Å². The van der Waals surface area contributed by atoms with E-state index in [4.69, 9.17) is 0 Å². The van der Waals surface area contributed by atoms with Gasteiger partial charge in [0.1, 0.15) is 0 Å². The number of aryl methyl sites for hydroxylation is 2. The molecule has 0 spiro atoms. The van der Waals surface area contributed by atoms with Crippen LogP contribution in [-0.4, -0.2) is 16.3 Å². The van der Waals surface area contributed by atoms with Gasteiger partial charge in [-0.15, -0.1) is 0 Å². The number of nitrogens with one attached hydrogen (secondary N) is 1. The molecule has 0 aliphatic rings. The summed E-state index contributed by atoms with van der Waals surface area (Å²) in [5, 5.41) is 7.60. The Labute approximate surface area is 110 Å². The quantitative estimate of drug-likeness (QED) is 0.939. The van der Waals surface area contributed by atoms with Crippen LogP contribution < -0.4 is 5.32 Å². The van der Waals surface area contributed by atoms with E-state index in [-0.39, 0.29) is 0 Å². The Morgan fingerprint density at radius 2 is 2.24 bits per heavy atom. The first-order valence-corrected chi connectivity index (χ1v) is 6.42. The van der Waals surface area contributed by atoms with E-state index in [1.807, 2.05) is 17.9 Å². The van der Waals surface area contributed by atoms with Crippen LogP contribution in [0.25, 0.3) is 0 Å². The molecule has 1 N–H and O–H groups in total. The molecule has 90 valence electrons. The maximum Gasteiger partial charge on any atom is 0.0522 e. The van der Waals surface area contributed by atoms with Gasteiger partial charge in [0.15, 0.2) is 0 Å². The molecule has 1 aromatic heterocycles. The van der Waals surface area contributed by atoms with Gasteiger partial charge < -0.3 is 5.32 Å². The highest BCUT2D eigenvalue weighted by atomic mass is 79.9. The van der Waals surface area contributed by atoms with E-state index in [0.717, 1.165) is 17.4 Å². The summed E-state index contributed by atoms with van der Waals surface area (Å²) in [6.07, 6.45) is 4.95. The van der Waals surface area contributed by atoms with Crippen LogP contribution >= 0.6 is 15.9 Å². The summed E-state index contributed by atoms with van der Waals surface area (Å²) in [6.45, 7) is 3.03. The van der Waals surface area contributed by atoms with Crippen molar-refractivity contribution in [1.29, 1.82) is 0 Å². The lowest BCUT2D eigenvalue weighted by Gasteiger charge is -2.09. The van der Waals surface area contributed by atoms with Gasteiger partial charge in [0.2, 0.25) is 0 Å². The molecule has 0 fully saturated rings. The SMILES string of the molecule is Cc1ccc(Br)cc1NCCc1cnn(C)c1. The molecule has 2 rings (SSSR count). The summed E-state index contributed by atoms with van der Waals surface area (Å²) in [5.41, 5.74) is 3.70. The van der Waals surface area contributed by atoms with Crippen LogP contribution in [0.1, 0.15) is 11.1 Å². The minimum absolute atomic E-state index is 0.920. The first-order valence-electron chi connectivity index (χ1n) is 5.63. The largest absolute Gasteiger partial charge is 0.384 e. The standard InChI is InChI=1S/C13H16BrN3/c1-10-3-4-12(14)7-13(10)15-6-5-11-8-16-17(2)9-11/h3-4,7-9,15H,5-6H2,1-2H3. The van der Waals surface area contributed by atoms with E-state index in [9.17, 15) is 0 Å². The van der Waals surface area contributed by atoms with Gasteiger partial charge in [0.05, 0.1) is 6.20 Å². The highest BCUT2D eigenvalue weighted by Gasteiger charge is 2.00. The number of benzene rings is 1. The molecule has 1 aromatic carbocycles. The lowest BCUT2D eigenvalue weighted by Crippen LogP contribution is -2.05. The second-order valence-electron chi connectivity index (χ2n) is 4.16. The molecule has 0 atom stereocenters. The number of rotatable bonds is 4. The minimum Gasteiger partial charge on any atom is -0.384 e. The molecule has 0 radical (unpaired) electrons. The number of hydrogen-bond donors (Lipinski definition) is 1. The summed E-state index contributed by atoms with van der Waals surface area (Å²) in [7, 11) is 1.94. The molecule has 3 nitrogen and oxygen atoms in total. The van der Waals surface area contributed by atoms with Crippen LogP contribution in [0, 0.1) is 6.92 Å². The second kappa shape index (κ2) is 5.36. The van der Waals surface area contributed by atoms with Gasteiger partial charge in [0.25, 0.3) is 0 Å². The number of hydrogen-bond acceptors (Lipinski definition) is 2. The summed E-state index contributed by atoms with van der Waals surface area (Å²) in [4.78, 5) is 0. The van der Waals surface area contributed by atoms with E-state index in [1.54, 1.807) is 0 Å². The zero-order valence-corrected chi connectivity index (χ0v) is 11.7. The summed E-state index contributed by atoms with van der Waals surface area (Å²) >= 11 is 3.48. The Hall–Kier alpha value is -1.29. The lowest BCUT2D eigenvalue weighted by molar-refractivity contribution is 0.767. The molecule has 1 heterocycles. The van der Waals surface area contributed by atoms with Crippen molar-refractivity contribution in [3.8, 4) is 0 Å². The second-order valence-corrected chi connectivity index (χ2v) is 5.07. The number of anilines is 1. The molecule has 17 heavy (non-hydrogen) atoms. The fourth-order valence-electron chi connectivity index (χ4n) is 1.73. The lowest BCUT2D eigenvalue weighted by atomic mass is 10.2. The van der Waals surface area contributed by atoms with E-state index >= 15 is 0 Å². The van der Waals surface area contributed by atoms with Crippen molar-refractivity contribution >= 4 is 21.6 Å². The Kier molecular flexibility index (Phi) is 3.84. The predicted octanol–water partition coefficient (Wildman–Crippen LogP) is 3.15. The molecule has 0 amide bonds. The van der Waals surface area contributed by atoms with Gasteiger partial charge in [-0.25, -0.2) is 0 Å². The molecule has 0 saturated heterocycles. The normalized spacial score (nSPS) is 10.5. The first kappa shape index (κ1) is 12.2. The third-order valence-electron chi connectivity index (χ3n) is 2.69. The number of aromatic nitrogens is 2. The number of halogens is 1. The van der Waals surface area contributed by atoms with Crippen LogP contribution in [0.4, 0.5) is 5.69 Å². The van der Waals surface area contributed by atoms with Gasteiger partial charge >= 0.3 is 0 Å². The van der Waals surface area contributed by atoms with Crippen molar-refractivity contribution < 1.29 is 0 Å². The molecule has 0 aliphatic carbocycles. The zero-order chi connectivity index (χ0) is 12.3.